The SMILES string of the molecule is O=C(NCc1cc2cc(Cl)ccc2[nH]1)/C(=C\c1ccccc1)c1ccccc1. The standard InChI is InChI=1S/C24H19ClN2O/c25-20-11-12-23-19(14-20)15-21(27-23)16-26-24(28)22(18-9-5-2-6-10-18)13-17-7-3-1-4-8-17/h1-15,27H,16H2,(H,26,28)/b22-13-. The van der Waals surface area contributed by atoms with E-state index in [9.17, 15) is 4.79 Å². The molecule has 3 aromatic carbocycles. The number of rotatable bonds is 5. The van der Waals surface area contributed by atoms with Crippen LogP contribution >= 0.6 is 11.6 Å². The summed E-state index contributed by atoms with van der Waals surface area (Å²) in [6.45, 7) is 0.407. The fourth-order valence-corrected chi connectivity index (χ4v) is 3.32. The second-order valence-corrected chi connectivity index (χ2v) is 6.98. The van der Waals surface area contributed by atoms with Crippen LogP contribution in [0.15, 0.2) is 84.9 Å². The van der Waals surface area contributed by atoms with E-state index in [0.29, 0.717) is 17.1 Å². The van der Waals surface area contributed by atoms with Crippen molar-refractivity contribution in [2.45, 2.75) is 6.54 Å². The van der Waals surface area contributed by atoms with Crippen LogP contribution in [0.25, 0.3) is 22.6 Å². The summed E-state index contributed by atoms with van der Waals surface area (Å²) >= 11 is 6.05. The molecule has 0 aliphatic carbocycles. The highest BCUT2D eigenvalue weighted by Crippen LogP contribution is 2.21. The van der Waals surface area contributed by atoms with Gasteiger partial charge in [0.2, 0.25) is 0 Å². The van der Waals surface area contributed by atoms with Crippen molar-refractivity contribution in [2.24, 2.45) is 0 Å². The molecule has 0 bridgehead atoms. The van der Waals surface area contributed by atoms with Crippen molar-refractivity contribution in [1.82, 2.24) is 10.3 Å². The first-order chi connectivity index (χ1) is 13.7. The van der Waals surface area contributed by atoms with Crippen LogP contribution in [0, 0.1) is 0 Å². The molecule has 3 nitrogen and oxygen atoms in total. The van der Waals surface area contributed by atoms with Crippen molar-refractivity contribution in [3.05, 3.63) is 107 Å². The molecule has 2 N–H and O–H groups in total. The number of carbonyl (C=O) groups is 1. The van der Waals surface area contributed by atoms with Crippen LogP contribution in [0.4, 0.5) is 0 Å². The van der Waals surface area contributed by atoms with Gasteiger partial charge in [0.15, 0.2) is 0 Å². The van der Waals surface area contributed by atoms with Gasteiger partial charge in [-0.1, -0.05) is 72.3 Å². The maximum Gasteiger partial charge on any atom is 0.252 e. The molecule has 1 heterocycles. The predicted molar refractivity (Wildman–Crippen MR) is 116 cm³/mol. The third-order valence-corrected chi connectivity index (χ3v) is 4.75. The molecule has 138 valence electrons. The van der Waals surface area contributed by atoms with E-state index in [0.717, 1.165) is 27.7 Å². The Hall–Kier alpha value is -3.30. The smallest absolute Gasteiger partial charge is 0.252 e. The normalized spacial score (nSPS) is 11.5. The molecule has 0 fully saturated rings. The Balaban J connectivity index is 1.57. The van der Waals surface area contributed by atoms with E-state index < -0.39 is 0 Å². The Kier molecular flexibility index (Phi) is 5.27. The molecule has 1 amide bonds. The topological polar surface area (TPSA) is 44.9 Å². The van der Waals surface area contributed by atoms with Gasteiger partial charge in [0, 0.05) is 27.2 Å². The third kappa shape index (κ3) is 4.16. The zero-order valence-corrected chi connectivity index (χ0v) is 15.9. The van der Waals surface area contributed by atoms with Gasteiger partial charge in [-0.05, 0) is 41.5 Å². The van der Waals surface area contributed by atoms with Crippen LogP contribution in [-0.4, -0.2) is 10.9 Å². The fraction of sp³-hybridized carbons (Fsp3) is 0.0417. The Morgan fingerprint density at radius 3 is 2.39 bits per heavy atom. The van der Waals surface area contributed by atoms with Crippen molar-refractivity contribution in [3.8, 4) is 0 Å². The van der Waals surface area contributed by atoms with E-state index in [1.165, 1.54) is 0 Å². The van der Waals surface area contributed by atoms with Crippen molar-refractivity contribution < 1.29 is 4.79 Å². The Morgan fingerprint density at radius 1 is 0.929 bits per heavy atom. The number of benzene rings is 3. The van der Waals surface area contributed by atoms with Gasteiger partial charge >= 0.3 is 0 Å². The summed E-state index contributed by atoms with van der Waals surface area (Å²) in [5.74, 6) is -0.119. The maximum atomic E-state index is 13.0. The number of H-pyrrole nitrogens is 1. The predicted octanol–water partition coefficient (Wildman–Crippen LogP) is 5.68. The zero-order chi connectivity index (χ0) is 19.3. The molecule has 28 heavy (non-hydrogen) atoms. The van der Waals surface area contributed by atoms with Gasteiger partial charge in [-0.3, -0.25) is 4.79 Å². The van der Waals surface area contributed by atoms with Crippen LogP contribution in [0.2, 0.25) is 5.02 Å². The highest BCUT2D eigenvalue weighted by Gasteiger charge is 2.12. The van der Waals surface area contributed by atoms with E-state index in [2.05, 4.69) is 10.3 Å². The van der Waals surface area contributed by atoms with Crippen LogP contribution in [0.3, 0.4) is 0 Å². The summed E-state index contributed by atoms with van der Waals surface area (Å²) in [6, 6.07) is 27.2. The number of aromatic nitrogens is 1. The van der Waals surface area contributed by atoms with Crippen molar-refractivity contribution in [1.29, 1.82) is 0 Å². The molecule has 0 saturated heterocycles. The number of hydrogen-bond donors (Lipinski definition) is 2. The molecule has 4 heteroatoms. The first-order valence-electron chi connectivity index (χ1n) is 9.06. The second kappa shape index (κ2) is 8.15. The quantitative estimate of drug-likeness (QED) is 0.336. The van der Waals surface area contributed by atoms with Crippen LogP contribution < -0.4 is 5.32 Å². The lowest BCUT2D eigenvalue weighted by molar-refractivity contribution is -0.115. The molecule has 0 radical (unpaired) electrons. The largest absolute Gasteiger partial charge is 0.357 e. The van der Waals surface area contributed by atoms with E-state index in [1.54, 1.807) is 0 Å². The van der Waals surface area contributed by atoms with Gasteiger partial charge in [0.05, 0.1) is 6.54 Å². The van der Waals surface area contributed by atoms with E-state index in [4.69, 9.17) is 11.6 Å². The molecule has 0 aliphatic rings. The van der Waals surface area contributed by atoms with Gasteiger partial charge < -0.3 is 10.3 Å². The molecule has 4 aromatic rings. The van der Waals surface area contributed by atoms with Crippen LogP contribution in [0.1, 0.15) is 16.8 Å². The second-order valence-electron chi connectivity index (χ2n) is 6.54. The molecule has 0 unspecified atom stereocenters. The highest BCUT2D eigenvalue weighted by molar-refractivity contribution is 6.31. The minimum Gasteiger partial charge on any atom is -0.357 e. The Bertz CT molecular complexity index is 1130. The van der Waals surface area contributed by atoms with Crippen LogP contribution in [-0.2, 0) is 11.3 Å². The number of fused-ring (bicyclic) bond motifs is 1. The molecular formula is C24H19ClN2O. The number of carbonyl (C=O) groups excluding carboxylic acids is 1. The number of nitrogens with one attached hydrogen (secondary N) is 2. The Morgan fingerprint density at radius 2 is 1.64 bits per heavy atom. The van der Waals surface area contributed by atoms with Gasteiger partial charge in [-0.25, -0.2) is 0 Å². The van der Waals surface area contributed by atoms with E-state index in [-0.39, 0.29) is 5.91 Å². The zero-order valence-electron chi connectivity index (χ0n) is 15.2. The summed E-state index contributed by atoms with van der Waals surface area (Å²) in [5.41, 5.74) is 4.42. The molecular weight excluding hydrogens is 368 g/mol. The molecule has 1 aromatic heterocycles. The summed E-state index contributed by atoms with van der Waals surface area (Å²) in [5, 5.41) is 4.74. The van der Waals surface area contributed by atoms with Crippen LogP contribution in [0.5, 0.6) is 0 Å². The van der Waals surface area contributed by atoms with Gasteiger partial charge in [0.25, 0.3) is 5.91 Å². The average molecular weight is 387 g/mol. The summed E-state index contributed by atoms with van der Waals surface area (Å²) < 4.78 is 0. The third-order valence-electron chi connectivity index (χ3n) is 4.52. The van der Waals surface area contributed by atoms with Crippen molar-refractivity contribution in [2.75, 3.05) is 0 Å². The first kappa shape index (κ1) is 18.1. The monoisotopic (exact) mass is 386 g/mol. The lowest BCUT2D eigenvalue weighted by Gasteiger charge is -2.09. The number of aromatic amines is 1. The first-order valence-corrected chi connectivity index (χ1v) is 9.44. The Labute approximate surface area is 168 Å². The summed E-state index contributed by atoms with van der Waals surface area (Å²) in [4.78, 5) is 16.3. The number of amides is 1. The van der Waals surface area contributed by atoms with E-state index in [1.807, 2.05) is 91.0 Å². The maximum absolute atomic E-state index is 13.0. The van der Waals surface area contributed by atoms with Gasteiger partial charge in [-0.2, -0.15) is 0 Å². The minimum absolute atomic E-state index is 0.119. The fourth-order valence-electron chi connectivity index (χ4n) is 3.14. The average Bonchev–Trinajstić information content (AvgIpc) is 3.13. The minimum atomic E-state index is -0.119. The molecule has 0 atom stereocenters. The van der Waals surface area contributed by atoms with E-state index >= 15 is 0 Å². The van der Waals surface area contributed by atoms with Crippen molar-refractivity contribution >= 4 is 40.1 Å². The molecule has 4 rings (SSSR count). The summed E-state index contributed by atoms with van der Waals surface area (Å²) in [6.07, 6.45) is 1.91. The number of hydrogen-bond acceptors (Lipinski definition) is 1. The lowest BCUT2D eigenvalue weighted by atomic mass is 10.0. The van der Waals surface area contributed by atoms with Crippen molar-refractivity contribution in [3.63, 3.8) is 0 Å². The van der Waals surface area contributed by atoms with Gasteiger partial charge in [-0.15, -0.1) is 0 Å². The van der Waals surface area contributed by atoms with Gasteiger partial charge in [0.1, 0.15) is 0 Å². The summed E-state index contributed by atoms with van der Waals surface area (Å²) in [7, 11) is 0. The molecule has 0 spiro atoms. The lowest BCUT2D eigenvalue weighted by Crippen LogP contribution is -2.24. The molecule has 0 aliphatic heterocycles. The number of halogens is 1. The molecule has 0 saturated carbocycles. The highest BCUT2D eigenvalue weighted by atomic mass is 35.5.